The van der Waals surface area contributed by atoms with Gasteiger partial charge in [-0.1, -0.05) is 234 Å². The molecule has 3 heteroatoms. The highest BCUT2D eigenvalue weighted by Gasteiger charge is 2.08. The van der Waals surface area contributed by atoms with Gasteiger partial charge in [-0.25, -0.2) is 0 Å². The summed E-state index contributed by atoms with van der Waals surface area (Å²) in [6.07, 6.45) is 0. The fraction of sp³-hybridized carbons (Fsp3) is 0. The minimum Gasteiger partial charge on any atom is -0.399 e. The Morgan fingerprint density at radius 1 is 0.328 bits per heavy atom. The van der Waals surface area contributed by atoms with Crippen LogP contribution in [0.4, 0.5) is 17.1 Å². The number of nitrogens with one attached hydrogen (secondary N) is 1. The van der Waals surface area contributed by atoms with Crippen LogP contribution < -0.4 is 11.1 Å². The molecule has 12 aromatic carbocycles. The maximum atomic E-state index is 8.66. The Hall–Kier alpha value is -8.24. The highest BCUT2D eigenvalue weighted by atomic mass is 79.9. The molecule has 0 radical (unpaired) electrons. The summed E-state index contributed by atoms with van der Waals surface area (Å²) >= 11 is 3.34. The van der Waals surface area contributed by atoms with E-state index in [1.165, 1.54) is 0 Å². The number of fused-ring (bicyclic) bond motifs is 4. The van der Waals surface area contributed by atoms with Crippen molar-refractivity contribution < 1.29 is 38.4 Å². The molecule has 0 fully saturated rings. The molecule has 2 nitrogen and oxygen atoms in total. The quantitative estimate of drug-likeness (QED) is 0.163. The normalized spacial score (nSPS) is 16.7. The molecule has 0 aliphatic carbocycles. The number of nitrogens with two attached hydrogens (primary N) is 1. The second-order valence-corrected chi connectivity index (χ2v) is 15.3. The predicted molar refractivity (Wildman–Crippen MR) is 293 cm³/mol. The van der Waals surface area contributed by atoms with Gasteiger partial charge in [0.2, 0.25) is 0 Å². The molecule has 0 unspecified atom stereocenters. The van der Waals surface area contributed by atoms with Gasteiger partial charge in [0, 0.05) is 21.5 Å². The van der Waals surface area contributed by atoms with Crippen molar-refractivity contribution in [2.24, 2.45) is 0 Å². The topological polar surface area (TPSA) is 38.0 Å². The smallest absolute Gasteiger partial charge is 0.0629 e. The zero-order valence-electron chi connectivity index (χ0n) is 62.7. The Kier molecular flexibility index (Phi) is 6.34. The fourth-order valence-electron chi connectivity index (χ4n) is 7.13. The Morgan fingerprint density at radius 3 is 1.01 bits per heavy atom. The number of hydrogen-bond acceptors (Lipinski definition) is 2. The summed E-state index contributed by atoms with van der Waals surface area (Å²) in [4.78, 5) is 0. The molecule has 0 saturated heterocycles. The standard InChI is InChI=1S/C32H23N.C16H11Br.C16H13N/c1-3-17-29-23(9-1)11-7-19-31(29)25-13-5-15-27(21-25)33-28-16-6-14-26(22-28)32-20-8-12-24-10-2-4-18-30(24)32;2*17-14-8-3-7-13(11-14)16-10-4-6-12-5-1-2-9-15(12)16/h1-22,33H;1-11H;1-11H,17H2/i1D,2D,3D,4D,7D,8D,9D,10D,11D,12D,17D,18D,19D,20D;2*1D,2D,4D,5D,6D,9D,10D. The van der Waals surface area contributed by atoms with Crippen molar-refractivity contribution in [3.05, 3.63) is 271 Å². The zero-order valence-corrected chi connectivity index (χ0v) is 36.3. The van der Waals surface area contributed by atoms with E-state index in [-0.39, 0.29) is 138 Å². The van der Waals surface area contributed by atoms with Crippen LogP contribution in [0, 0.1) is 0 Å². The summed E-state index contributed by atoms with van der Waals surface area (Å²) in [5.74, 6) is 0. The summed E-state index contributed by atoms with van der Waals surface area (Å²) < 4.78 is 230. The molecule has 320 valence electrons. The van der Waals surface area contributed by atoms with Gasteiger partial charge in [-0.2, -0.15) is 0 Å². The Morgan fingerprint density at radius 2 is 0.642 bits per heavy atom. The van der Waals surface area contributed by atoms with E-state index in [9.17, 15) is 0 Å². The maximum absolute atomic E-state index is 8.66. The molecule has 0 heterocycles. The van der Waals surface area contributed by atoms with Crippen LogP contribution in [-0.2, 0) is 0 Å². The number of halogens is 1. The first-order valence-corrected chi connectivity index (χ1v) is 21.1. The molecule has 3 N–H and O–H groups in total. The van der Waals surface area contributed by atoms with E-state index in [0.717, 1.165) is 4.47 Å². The first-order valence-electron chi connectivity index (χ1n) is 34.3. The highest BCUT2D eigenvalue weighted by Crippen LogP contribution is 2.35. The van der Waals surface area contributed by atoms with Crippen molar-refractivity contribution in [1.29, 1.82) is 0 Å². The number of rotatable bonds is 6. The number of anilines is 3. The summed E-state index contributed by atoms with van der Waals surface area (Å²) in [6, 6.07) is 15.1. The lowest BCUT2D eigenvalue weighted by atomic mass is 9.97. The van der Waals surface area contributed by atoms with E-state index in [1.54, 1.807) is 97.1 Å². The van der Waals surface area contributed by atoms with E-state index >= 15 is 0 Å². The average Bonchev–Trinajstić information content (AvgIpc) is 0.757. The van der Waals surface area contributed by atoms with Crippen molar-refractivity contribution >= 4 is 76.1 Å². The molecule has 67 heavy (non-hydrogen) atoms. The van der Waals surface area contributed by atoms with Crippen molar-refractivity contribution in [1.82, 2.24) is 0 Å². The second kappa shape index (κ2) is 19.9. The number of hydrogen-bond donors (Lipinski definition) is 2. The molecule has 0 bridgehead atoms. The maximum Gasteiger partial charge on any atom is 0.0629 e. The summed E-state index contributed by atoms with van der Waals surface area (Å²) in [6.45, 7) is 0. The Balaban J connectivity index is 0.000000172. The van der Waals surface area contributed by atoms with Crippen LogP contribution in [0.25, 0.3) is 87.6 Å². The Labute approximate surface area is 440 Å². The third kappa shape index (κ3) is 9.74. The van der Waals surface area contributed by atoms with Crippen LogP contribution in [0.15, 0.2) is 271 Å². The minimum atomic E-state index is -0.538. The van der Waals surface area contributed by atoms with E-state index in [0.29, 0.717) is 39.3 Å². The molecule has 0 aliphatic rings. The first-order chi connectivity index (χ1) is 44.7. The molecule has 0 aromatic heterocycles. The van der Waals surface area contributed by atoms with E-state index in [2.05, 4.69) is 21.2 Å². The van der Waals surface area contributed by atoms with Gasteiger partial charge in [0.1, 0.15) is 0 Å². The molecule has 0 spiro atoms. The minimum absolute atomic E-state index is 0.0306. The molecule has 0 amide bonds. The SMILES string of the molecule is [2H]c1c([2H])c([2H])c2c(-c3cccc(Br)c3)c([2H])c([2H])c([2H])c2c1[2H].[2H]c1c([2H])c([2H])c2c(-c3cccc(N)c3)c([2H])c([2H])c([2H])c2c1[2H].[2H]c1c([2H])c([2H])c2c(-c3cccc(Nc4cccc(-c5c([2H])c([2H])c([2H])c6c([2H])c([2H])c([2H])c([2H])c56)c4)c3)c([2H])c([2H])c([2H])c2c1[2H]. The second-order valence-electron chi connectivity index (χ2n) is 14.4. The third-order valence-electron chi connectivity index (χ3n) is 10.1. The van der Waals surface area contributed by atoms with Gasteiger partial charge in [0.05, 0.1) is 38.4 Å². The summed E-state index contributed by atoms with van der Waals surface area (Å²) in [5, 5.41) is 2.92. The zero-order chi connectivity index (χ0) is 69.7. The number of benzene rings is 12. The van der Waals surface area contributed by atoms with Crippen LogP contribution in [-0.4, -0.2) is 0 Å². The van der Waals surface area contributed by atoms with Crippen LogP contribution >= 0.6 is 15.9 Å². The fourth-order valence-corrected chi connectivity index (χ4v) is 7.53. The molecule has 0 saturated carbocycles. The molecule has 12 aromatic rings. The van der Waals surface area contributed by atoms with Crippen LogP contribution in [0.1, 0.15) is 38.4 Å². The van der Waals surface area contributed by atoms with Gasteiger partial charge in [-0.15, -0.1) is 0 Å². The monoisotopic (exact) mass is 950 g/mol. The van der Waals surface area contributed by atoms with E-state index in [1.807, 2.05) is 0 Å². The van der Waals surface area contributed by atoms with Gasteiger partial charge >= 0.3 is 0 Å². The lowest BCUT2D eigenvalue weighted by Gasteiger charge is -2.12. The van der Waals surface area contributed by atoms with Crippen LogP contribution in [0.2, 0.25) is 0 Å². The van der Waals surface area contributed by atoms with Gasteiger partial charge in [0.15, 0.2) is 0 Å². The molecular weight excluding hydrogens is 877 g/mol. The van der Waals surface area contributed by atoms with Crippen LogP contribution in [0.3, 0.4) is 0 Å². The molecule has 12 rings (SSSR count). The molecule has 0 aliphatic heterocycles. The third-order valence-corrected chi connectivity index (χ3v) is 10.6. The summed E-state index contributed by atoms with van der Waals surface area (Å²) in [5.41, 5.74) is 9.50. The van der Waals surface area contributed by atoms with Crippen molar-refractivity contribution in [3.63, 3.8) is 0 Å². The molecular formula is C64H47BrN2. The van der Waals surface area contributed by atoms with Crippen molar-refractivity contribution in [2.45, 2.75) is 0 Å². The van der Waals surface area contributed by atoms with Gasteiger partial charge in [-0.3, -0.25) is 0 Å². The largest absolute Gasteiger partial charge is 0.399 e. The van der Waals surface area contributed by atoms with Gasteiger partial charge in [-0.05, 0) is 136 Å². The van der Waals surface area contributed by atoms with E-state index in [4.69, 9.17) is 44.1 Å². The highest BCUT2D eigenvalue weighted by molar-refractivity contribution is 9.10. The molecule has 0 atom stereocenters. The lowest BCUT2D eigenvalue weighted by Crippen LogP contribution is -1.92. The predicted octanol–water partition coefficient (Wildman–Crippen LogP) is 18.4. The van der Waals surface area contributed by atoms with Crippen molar-refractivity contribution in [2.75, 3.05) is 11.1 Å². The van der Waals surface area contributed by atoms with E-state index < -0.39 is 96.7 Å². The lowest BCUT2D eigenvalue weighted by molar-refractivity contribution is 1.54. The summed E-state index contributed by atoms with van der Waals surface area (Å²) in [7, 11) is 0. The first kappa shape index (κ1) is 21.4. The Bertz CT molecular complexity index is 4950. The van der Waals surface area contributed by atoms with Crippen molar-refractivity contribution in [3.8, 4) is 44.5 Å². The number of nitrogen functional groups attached to an aromatic ring is 1. The van der Waals surface area contributed by atoms with Gasteiger partial charge in [0.25, 0.3) is 0 Å². The average molecular weight is 952 g/mol. The van der Waals surface area contributed by atoms with Gasteiger partial charge < -0.3 is 11.1 Å². The van der Waals surface area contributed by atoms with Crippen LogP contribution in [0.5, 0.6) is 0 Å².